The van der Waals surface area contributed by atoms with Crippen molar-refractivity contribution in [1.29, 1.82) is 0 Å². The Morgan fingerprint density at radius 1 is 1.07 bits per heavy atom. The van der Waals surface area contributed by atoms with Gasteiger partial charge in [0.1, 0.15) is 17.3 Å². The van der Waals surface area contributed by atoms with Crippen LogP contribution in [-0.4, -0.2) is 25.5 Å². The SMILES string of the molecule is Cc1cc(COc2ccc(S(=O)(=O)OC(=O)C(F)(F)F)cc2)c2ccccc2n1. The van der Waals surface area contributed by atoms with Gasteiger partial charge in [0.2, 0.25) is 0 Å². The molecular weight excluding hydrogens is 411 g/mol. The molecular formula is C19H14F3NO5S. The fraction of sp³-hybridized carbons (Fsp3) is 0.158. The molecule has 0 saturated heterocycles. The topological polar surface area (TPSA) is 82.6 Å². The quantitative estimate of drug-likeness (QED) is 0.577. The van der Waals surface area contributed by atoms with Crippen molar-refractivity contribution in [3.05, 3.63) is 65.9 Å². The Morgan fingerprint density at radius 2 is 1.72 bits per heavy atom. The molecule has 0 amide bonds. The Hall–Kier alpha value is -3.14. The highest BCUT2D eigenvalue weighted by Crippen LogP contribution is 2.24. The summed E-state index contributed by atoms with van der Waals surface area (Å²) >= 11 is 0. The third-order valence-corrected chi connectivity index (χ3v) is 5.07. The second-order valence-electron chi connectivity index (χ2n) is 6.02. The molecule has 0 atom stereocenters. The minimum Gasteiger partial charge on any atom is -0.489 e. The van der Waals surface area contributed by atoms with Gasteiger partial charge in [-0.3, -0.25) is 4.98 Å². The number of ether oxygens (including phenoxy) is 1. The molecule has 152 valence electrons. The van der Waals surface area contributed by atoms with Crippen LogP contribution in [0.25, 0.3) is 10.9 Å². The molecule has 0 N–H and O–H groups in total. The zero-order chi connectivity index (χ0) is 21.2. The number of para-hydroxylation sites is 1. The minimum absolute atomic E-state index is 0.166. The van der Waals surface area contributed by atoms with Gasteiger partial charge in [-0.2, -0.15) is 21.6 Å². The number of benzene rings is 2. The first-order chi connectivity index (χ1) is 13.6. The summed E-state index contributed by atoms with van der Waals surface area (Å²) in [7, 11) is -4.89. The molecule has 0 bridgehead atoms. The molecule has 0 spiro atoms. The van der Waals surface area contributed by atoms with Crippen LogP contribution >= 0.6 is 0 Å². The lowest BCUT2D eigenvalue weighted by Crippen LogP contribution is -2.28. The molecule has 0 radical (unpaired) electrons. The number of hydrogen-bond donors (Lipinski definition) is 0. The monoisotopic (exact) mass is 425 g/mol. The Bertz CT molecular complexity index is 1160. The van der Waals surface area contributed by atoms with Crippen LogP contribution in [0.4, 0.5) is 13.2 Å². The second kappa shape index (κ2) is 7.70. The van der Waals surface area contributed by atoms with E-state index < -0.39 is 27.2 Å². The highest BCUT2D eigenvalue weighted by atomic mass is 32.2. The molecule has 0 aliphatic rings. The van der Waals surface area contributed by atoms with Crippen LogP contribution in [0.15, 0.2) is 59.5 Å². The Kier molecular flexibility index (Phi) is 5.47. The number of carbonyl (C=O) groups excluding carboxylic acids is 1. The van der Waals surface area contributed by atoms with E-state index in [2.05, 4.69) is 9.17 Å². The number of fused-ring (bicyclic) bond motifs is 1. The van der Waals surface area contributed by atoms with Crippen LogP contribution in [0.2, 0.25) is 0 Å². The molecule has 2 aromatic carbocycles. The number of aromatic nitrogens is 1. The number of carbonyl (C=O) groups is 1. The van der Waals surface area contributed by atoms with Crippen molar-refractivity contribution in [1.82, 2.24) is 4.98 Å². The first kappa shape index (κ1) is 20.6. The van der Waals surface area contributed by atoms with Crippen molar-refractivity contribution in [2.45, 2.75) is 24.6 Å². The summed E-state index contributed by atoms with van der Waals surface area (Å²) in [5, 5.41) is 0.899. The lowest BCUT2D eigenvalue weighted by atomic mass is 10.1. The predicted octanol–water partition coefficient (Wildman–Crippen LogP) is 3.92. The van der Waals surface area contributed by atoms with E-state index in [-0.39, 0.29) is 12.4 Å². The van der Waals surface area contributed by atoms with Crippen LogP contribution in [0, 0.1) is 6.92 Å². The summed E-state index contributed by atoms with van der Waals surface area (Å²) in [5.41, 5.74) is 2.47. The largest absolute Gasteiger partial charge is 0.492 e. The van der Waals surface area contributed by atoms with E-state index in [0.29, 0.717) is 0 Å². The Labute approximate surface area is 164 Å². The Balaban J connectivity index is 1.74. The van der Waals surface area contributed by atoms with Crippen molar-refractivity contribution in [2.24, 2.45) is 0 Å². The third-order valence-electron chi connectivity index (χ3n) is 3.85. The van der Waals surface area contributed by atoms with E-state index in [1.807, 2.05) is 37.3 Å². The maximum atomic E-state index is 12.2. The molecule has 0 aliphatic carbocycles. The number of alkyl halides is 3. The summed E-state index contributed by atoms with van der Waals surface area (Å²) in [4.78, 5) is 14.6. The zero-order valence-electron chi connectivity index (χ0n) is 14.9. The highest BCUT2D eigenvalue weighted by molar-refractivity contribution is 7.87. The number of hydrogen-bond acceptors (Lipinski definition) is 6. The second-order valence-corrected chi connectivity index (χ2v) is 7.57. The molecule has 0 saturated carbocycles. The summed E-state index contributed by atoms with van der Waals surface area (Å²) in [6, 6.07) is 13.8. The molecule has 6 nitrogen and oxygen atoms in total. The van der Waals surface area contributed by atoms with Crippen LogP contribution in [0.5, 0.6) is 5.75 Å². The first-order valence-electron chi connectivity index (χ1n) is 8.20. The minimum atomic E-state index is -5.42. The number of rotatable bonds is 5. The van der Waals surface area contributed by atoms with Gasteiger partial charge in [0.05, 0.1) is 5.52 Å². The molecule has 0 aliphatic heterocycles. The standard InChI is InChI=1S/C19H14F3NO5S/c1-12-10-13(16-4-2-3-5-17(16)23-12)11-27-14-6-8-15(9-7-14)29(25,26)28-18(24)19(20,21)22/h2-10H,11H2,1H3. The summed E-state index contributed by atoms with van der Waals surface area (Å²) < 4.78 is 69.4. The van der Waals surface area contributed by atoms with Crippen LogP contribution < -0.4 is 4.74 Å². The predicted molar refractivity (Wildman–Crippen MR) is 96.6 cm³/mol. The molecule has 3 aromatic rings. The van der Waals surface area contributed by atoms with Crippen molar-refractivity contribution < 1.29 is 35.3 Å². The fourth-order valence-electron chi connectivity index (χ4n) is 2.57. The maximum absolute atomic E-state index is 12.2. The van der Waals surface area contributed by atoms with Gasteiger partial charge in [0, 0.05) is 16.6 Å². The molecule has 1 aromatic heterocycles. The van der Waals surface area contributed by atoms with E-state index in [1.165, 1.54) is 12.1 Å². The van der Waals surface area contributed by atoms with E-state index in [1.54, 1.807) is 0 Å². The summed E-state index contributed by atoms with van der Waals surface area (Å²) in [5.74, 6) is -2.53. The van der Waals surface area contributed by atoms with Gasteiger partial charge in [0.15, 0.2) is 0 Å². The molecule has 10 heteroatoms. The van der Waals surface area contributed by atoms with E-state index in [0.717, 1.165) is 34.3 Å². The average Bonchev–Trinajstić information content (AvgIpc) is 2.65. The Morgan fingerprint density at radius 3 is 2.38 bits per heavy atom. The maximum Gasteiger partial charge on any atom is 0.492 e. The first-order valence-corrected chi connectivity index (χ1v) is 9.61. The van der Waals surface area contributed by atoms with E-state index >= 15 is 0 Å². The van der Waals surface area contributed by atoms with Crippen molar-refractivity contribution >= 4 is 27.0 Å². The number of nitrogens with zero attached hydrogens (tertiary/aromatic N) is 1. The number of aryl methyl sites for hydroxylation is 1. The smallest absolute Gasteiger partial charge is 0.489 e. The number of halogens is 3. The molecule has 0 fully saturated rings. The molecule has 0 unspecified atom stereocenters. The average molecular weight is 425 g/mol. The van der Waals surface area contributed by atoms with Crippen molar-refractivity contribution in [3.8, 4) is 5.75 Å². The molecule has 3 rings (SSSR count). The van der Waals surface area contributed by atoms with Gasteiger partial charge in [-0.25, -0.2) is 4.79 Å². The molecule has 29 heavy (non-hydrogen) atoms. The normalized spacial score (nSPS) is 12.0. The third kappa shape index (κ3) is 4.83. The van der Waals surface area contributed by atoms with E-state index in [4.69, 9.17) is 4.74 Å². The lowest BCUT2D eigenvalue weighted by molar-refractivity contribution is -0.189. The van der Waals surface area contributed by atoms with Gasteiger partial charge in [0.25, 0.3) is 0 Å². The molecule has 1 heterocycles. The lowest BCUT2D eigenvalue weighted by Gasteiger charge is -2.11. The fourth-order valence-corrected chi connectivity index (χ4v) is 3.43. The van der Waals surface area contributed by atoms with Gasteiger partial charge in [-0.05, 0) is 43.3 Å². The van der Waals surface area contributed by atoms with Crippen LogP contribution in [0.1, 0.15) is 11.3 Å². The zero-order valence-corrected chi connectivity index (χ0v) is 15.8. The van der Waals surface area contributed by atoms with Crippen LogP contribution in [-0.2, 0) is 25.7 Å². The number of pyridine rings is 1. The van der Waals surface area contributed by atoms with Gasteiger partial charge < -0.3 is 8.92 Å². The summed E-state index contributed by atoms with van der Waals surface area (Å²) in [6.07, 6.45) is -5.42. The van der Waals surface area contributed by atoms with E-state index in [9.17, 15) is 26.4 Å². The van der Waals surface area contributed by atoms with Crippen LogP contribution in [0.3, 0.4) is 0 Å². The van der Waals surface area contributed by atoms with Crippen molar-refractivity contribution in [3.63, 3.8) is 0 Å². The highest BCUT2D eigenvalue weighted by Gasteiger charge is 2.44. The van der Waals surface area contributed by atoms with Crippen molar-refractivity contribution in [2.75, 3.05) is 0 Å². The summed E-state index contributed by atoms with van der Waals surface area (Å²) in [6.45, 7) is 2.01. The van der Waals surface area contributed by atoms with Gasteiger partial charge in [-0.1, -0.05) is 18.2 Å². The van der Waals surface area contributed by atoms with Gasteiger partial charge in [-0.15, -0.1) is 0 Å². The van der Waals surface area contributed by atoms with Gasteiger partial charge >= 0.3 is 22.3 Å².